The number of nitrogens with zero attached hydrogens (tertiary/aromatic N) is 2. The molecule has 22 heavy (non-hydrogen) atoms. The highest BCUT2D eigenvalue weighted by molar-refractivity contribution is 7.10. The summed E-state index contributed by atoms with van der Waals surface area (Å²) in [5, 5.41) is 5.47. The third-order valence-electron chi connectivity index (χ3n) is 4.48. The summed E-state index contributed by atoms with van der Waals surface area (Å²) in [6, 6.07) is 6.66. The van der Waals surface area contributed by atoms with Crippen LogP contribution < -0.4 is 5.32 Å². The molecule has 2 aromatic rings. The van der Waals surface area contributed by atoms with Crippen LogP contribution in [0.1, 0.15) is 46.6 Å². The number of hydrogen-bond donors (Lipinski definition) is 1. The van der Waals surface area contributed by atoms with Gasteiger partial charge in [0.2, 0.25) is 0 Å². The fraction of sp³-hybridized carbons (Fsp3) is 0.412. The summed E-state index contributed by atoms with van der Waals surface area (Å²) >= 11 is 1.79. The summed E-state index contributed by atoms with van der Waals surface area (Å²) in [7, 11) is 0. The second kappa shape index (κ2) is 5.39. The molecule has 4 nitrogen and oxygen atoms in total. The van der Waals surface area contributed by atoms with Crippen molar-refractivity contribution in [3.8, 4) is 0 Å². The van der Waals surface area contributed by atoms with E-state index in [0.717, 1.165) is 18.8 Å². The predicted molar refractivity (Wildman–Crippen MR) is 88.4 cm³/mol. The van der Waals surface area contributed by atoms with Gasteiger partial charge in [-0.05, 0) is 55.3 Å². The molecule has 0 radical (unpaired) electrons. The summed E-state index contributed by atoms with van der Waals surface area (Å²) in [6.45, 7) is 2.90. The lowest BCUT2D eigenvalue weighted by Gasteiger charge is -2.33. The van der Waals surface area contributed by atoms with Gasteiger partial charge in [-0.2, -0.15) is 0 Å². The Morgan fingerprint density at radius 1 is 1.36 bits per heavy atom. The van der Waals surface area contributed by atoms with Gasteiger partial charge < -0.3 is 10.2 Å². The molecule has 0 spiro atoms. The van der Waals surface area contributed by atoms with Crippen LogP contribution >= 0.6 is 11.3 Å². The van der Waals surface area contributed by atoms with Gasteiger partial charge >= 0.3 is 0 Å². The molecule has 1 aliphatic carbocycles. The topological polar surface area (TPSA) is 45.2 Å². The molecule has 3 heterocycles. The lowest BCUT2D eigenvalue weighted by atomic mass is 10.0. The summed E-state index contributed by atoms with van der Waals surface area (Å²) in [4.78, 5) is 20.5. The number of rotatable bonds is 3. The standard InChI is InChI=1S/C17H19N3OS/c1-11-14-7-9-22-15(14)6-8-20(11)17(21)12-2-5-16(18-10-12)19-13-3-4-13/h2,5,7,9-11,13H,3-4,6,8H2,1H3,(H,18,19). The second-order valence-corrected chi connectivity index (χ2v) is 7.08. The van der Waals surface area contributed by atoms with E-state index in [1.165, 1.54) is 23.3 Å². The van der Waals surface area contributed by atoms with Crippen LogP contribution in [0, 0.1) is 0 Å². The average molecular weight is 313 g/mol. The van der Waals surface area contributed by atoms with Gasteiger partial charge in [-0.15, -0.1) is 11.3 Å². The molecule has 5 heteroatoms. The van der Waals surface area contributed by atoms with Crippen molar-refractivity contribution in [1.82, 2.24) is 9.88 Å². The molecule has 1 N–H and O–H groups in total. The summed E-state index contributed by atoms with van der Waals surface area (Å²) < 4.78 is 0. The zero-order chi connectivity index (χ0) is 15.1. The van der Waals surface area contributed by atoms with Gasteiger partial charge in [0.1, 0.15) is 5.82 Å². The molecule has 0 saturated heterocycles. The van der Waals surface area contributed by atoms with Gasteiger partial charge in [-0.1, -0.05) is 0 Å². The minimum Gasteiger partial charge on any atom is -0.367 e. The van der Waals surface area contributed by atoms with E-state index in [1.54, 1.807) is 17.5 Å². The Labute approximate surface area is 134 Å². The molecule has 1 unspecified atom stereocenters. The number of carbonyl (C=O) groups is 1. The molecule has 0 aromatic carbocycles. The first kappa shape index (κ1) is 13.8. The van der Waals surface area contributed by atoms with Crippen molar-refractivity contribution in [2.45, 2.75) is 38.3 Å². The van der Waals surface area contributed by atoms with Crippen molar-refractivity contribution in [2.24, 2.45) is 0 Å². The van der Waals surface area contributed by atoms with E-state index in [9.17, 15) is 4.79 Å². The number of amides is 1. The maximum Gasteiger partial charge on any atom is 0.255 e. The summed E-state index contributed by atoms with van der Waals surface area (Å²) in [6.07, 6.45) is 5.09. The van der Waals surface area contributed by atoms with E-state index in [4.69, 9.17) is 0 Å². The Morgan fingerprint density at radius 3 is 2.95 bits per heavy atom. The Morgan fingerprint density at radius 2 is 2.23 bits per heavy atom. The van der Waals surface area contributed by atoms with Gasteiger partial charge in [0.15, 0.2) is 0 Å². The first-order chi connectivity index (χ1) is 10.7. The number of anilines is 1. The minimum atomic E-state index is 0.0785. The van der Waals surface area contributed by atoms with Crippen LogP contribution in [-0.4, -0.2) is 28.4 Å². The van der Waals surface area contributed by atoms with Crippen molar-refractivity contribution >= 4 is 23.1 Å². The molecule has 4 rings (SSSR count). The molecule has 0 bridgehead atoms. The molecule has 1 saturated carbocycles. The highest BCUT2D eigenvalue weighted by Gasteiger charge is 2.29. The highest BCUT2D eigenvalue weighted by Crippen LogP contribution is 2.33. The molecule has 1 atom stereocenters. The van der Waals surface area contributed by atoms with Crippen molar-refractivity contribution in [2.75, 3.05) is 11.9 Å². The maximum atomic E-state index is 12.8. The van der Waals surface area contributed by atoms with Crippen molar-refractivity contribution in [1.29, 1.82) is 0 Å². The van der Waals surface area contributed by atoms with Crippen LogP contribution in [0.2, 0.25) is 0 Å². The molecule has 1 aliphatic heterocycles. The van der Waals surface area contributed by atoms with Crippen molar-refractivity contribution in [3.05, 3.63) is 45.8 Å². The number of hydrogen-bond acceptors (Lipinski definition) is 4. The molecule has 1 fully saturated rings. The molecule has 2 aromatic heterocycles. The Balaban J connectivity index is 1.51. The van der Waals surface area contributed by atoms with Gasteiger partial charge in [-0.25, -0.2) is 4.98 Å². The third-order valence-corrected chi connectivity index (χ3v) is 5.47. The first-order valence-electron chi connectivity index (χ1n) is 7.82. The summed E-state index contributed by atoms with van der Waals surface area (Å²) in [5.41, 5.74) is 1.97. The monoisotopic (exact) mass is 313 g/mol. The van der Waals surface area contributed by atoms with Crippen molar-refractivity contribution in [3.63, 3.8) is 0 Å². The number of thiophene rings is 1. The molecule has 1 amide bonds. The largest absolute Gasteiger partial charge is 0.367 e. The van der Waals surface area contributed by atoms with Gasteiger partial charge in [-0.3, -0.25) is 4.79 Å². The SMILES string of the molecule is CC1c2ccsc2CCN1C(=O)c1ccc(NC2CC2)nc1. The normalized spacial score (nSPS) is 20.6. The van der Waals surface area contributed by atoms with Crippen LogP contribution in [0.3, 0.4) is 0 Å². The molecular weight excluding hydrogens is 294 g/mol. The van der Waals surface area contributed by atoms with Crippen LogP contribution in [-0.2, 0) is 6.42 Å². The Kier molecular flexibility index (Phi) is 3.37. The van der Waals surface area contributed by atoms with E-state index in [1.807, 2.05) is 17.0 Å². The van der Waals surface area contributed by atoms with Gasteiger partial charge in [0.25, 0.3) is 5.91 Å². The van der Waals surface area contributed by atoms with E-state index in [2.05, 4.69) is 28.7 Å². The molecular formula is C17H19N3OS. The lowest BCUT2D eigenvalue weighted by Crippen LogP contribution is -2.38. The average Bonchev–Trinajstić information content (AvgIpc) is 3.21. The van der Waals surface area contributed by atoms with E-state index >= 15 is 0 Å². The lowest BCUT2D eigenvalue weighted by molar-refractivity contribution is 0.0679. The van der Waals surface area contributed by atoms with Crippen LogP contribution in [0.4, 0.5) is 5.82 Å². The maximum absolute atomic E-state index is 12.8. The van der Waals surface area contributed by atoms with Crippen molar-refractivity contribution < 1.29 is 4.79 Å². The first-order valence-corrected chi connectivity index (χ1v) is 8.70. The van der Waals surface area contributed by atoms with E-state index in [0.29, 0.717) is 11.6 Å². The smallest absolute Gasteiger partial charge is 0.255 e. The number of aromatic nitrogens is 1. The van der Waals surface area contributed by atoms with Crippen LogP contribution in [0.25, 0.3) is 0 Å². The number of fused-ring (bicyclic) bond motifs is 1. The van der Waals surface area contributed by atoms with Crippen LogP contribution in [0.15, 0.2) is 29.8 Å². The Hall–Kier alpha value is -1.88. The zero-order valence-corrected chi connectivity index (χ0v) is 13.4. The Bertz CT molecular complexity index is 690. The minimum absolute atomic E-state index is 0.0785. The fourth-order valence-corrected chi connectivity index (χ4v) is 3.96. The van der Waals surface area contributed by atoms with E-state index < -0.39 is 0 Å². The van der Waals surface area contributed by atoms with Crippen LogP contribution in [0.5, 0.6) is 0 Å². The number of carbonyl (C=O) groups excluding carboxylic acids is 1. The van der Waals surface area contributed by atoms with Gasteiger partial charge in [0.05, 0.1) is 11.6 Å². The zero-order valence-electron chi connectivity index (χ0n) is 12.6. The summed E-state index contributed by atoms with van der Waals surface area (Å²) in [5.74, 6) is 0.945. The highest BCUT2D eigenvalue weighted by atomic mass is 32.1. The number of nitrogens with one attached hydrogen (secondary N) is 1. The predicted octanol–water partition coefficient (Wildman–Crippen LogP) is 3.48. The molecule has 2 aliphatic rings. The fourth-order valence-electron chi connectivity index (χ4n) is 3.00. The van der Waals surface area contributed by atoms with E-state index in [-0.39, 0.29) is 11.9 Å². The third kappa shape index (κ3) is 2.50. The second-order valence-electron chi connectivity index (χ2n) is 6.07. The van der Waals surface area contributed by atoms with Gasteiger partial charge in [0, 0.05) is 23.7 Å². The number of pyridine rings is 1. The quantitative estimate of drug-likeness (QED) is 0.943. The molecule has 114 valence electrons.